The van der Waals surface area contributed by atoms with Crippen molar-refractivity contribution in [1.29, 1.82) is 0 Å². The van der Waals surface area contributed by atoms with Crippen LogP contribution in [0.3, 0.4) is 0 Å². The first-order valence-corrected chi connectivity index (χ1v) is 5.46. The molecule has 0 atom stereocenters. The summed E-state index contributed by atoms with van der Waals surface area (Å²) < 4.78 is 1.57. The molecule has 2 aromatic heterocycles. The highest BCUT2D eigenvalue weighted by Gasteiger charge is 2.19. The molecule has 0 spiro atoms. The second kappa shape index (κ2) is 4.82. The molecule has 2 aromatic rings. The maximum atomic E-state index is 12.0. The smallest absolute Gasteiger partial charge is 0.272 e. The van der Waals surface area contributed by atoms with Gasteiger partial charge in [0.15, 0.2) is 5.82 Å². The molecule has 9 heteroatoms. The van der Waals surface area contributed by atoms with Gasteiger partial charge in [-0.3, -0.25) is 9.48 Å². The average molecular weight is 250 g/mol. The highest BCUT2D eigenvalue weighted by Crippen LogP contribution is 2.16. The van der Waals surface area contributed by atoms with Crippen LogP contribution >= 0.6 is 0 Å². The number of nitrogens with two attached hydrogens (primary N) is 1. The Hall–Kier alpha value is -2.45. The molecule has 0 saturated carbocycles. The number of H-pyrrole nitrogens is 1. The number of aryl methyl sites for hydroxylation is 2. The molecule has 96 valence electrons. The predicted octanol–water partition coefficient (Wildman–Crippen LogP) is -0.763. The van der Waals surface area contributed by atoms with Crippen molar-refractivity contribution in [2.24, 2.45) is 0 Å². The quantitative estimate of drug-likeness (QED) is 0.654. The molecule has 0 fully saturated rings. The lowest BCUT2D eigenvalue weighted by molar-refractivity contribution is 0.0940. The minimum absolute atomic E-state index is 0.183. The van der Waals surface area contributed by atoms with E-state index in [4.69, 9.17) is 5.73 Å². The number of carbonyl (C=O) groups excluding carboxylic acids is 1. The Morgan fingerprint density at radius 2 is 2.33 bits per heavy atom. The number of carbonyl (C=O) groups is 1. The van der Waals surface area contributed by atoms with Crippen LogP contribution in [0.5, 0.6) is 0 Å². The van der Waals surface area contributed by atoms with Gasteiger partial charge in [-0.05, 0) is 13.8 Å². The number of nitrogen functional groups attached to an aromatic ring is 1. The molecule has 0 bridgehead atoms. The molecule has 2 heterocycles. The minimum atomic E-state index is -0.306. The van der Waals surface area contributed by atoms with Crippen LogP contribution in [0.1, 0.15) is 28.9 Å². The van der Waals surface area contributed by atoms with Crippen molar-refractivity contribution in [3.63, 3.8) is 0 Å². The Morgan fingerprint density at radius 1 is 1.56 bits per heavy atom. The number of amides is 1. The molecule has 0 aliphatic carbocycles. The number of anilines is 1. The van der Waals surface area contributed by atoms with Gasteiger partial charge in [0, 0.05) is 6.54 Å². The molecule has 0 aliphatic rings. The number of tetrazole rings is 1. The van der Waals surface area contributed by atoms with Gasteiger partial charge in [-0.1, -0.05) is 5.21 Å². The van der Waals surface area contributed by atoms with Crippen LogP contribution in [-0.2, 0) is 13.1 Å². The standard InChI is InChI=1S/C9H14N8O/c1-3-17-8(7(10)5(2)14-17)9(18)11-4-6-12-15-16-13-6/h3-4,10H2,1-2H3,(H,11,18)(H,12,13,15,16). The number of hydrogen-bond acceptors (Lipinski definition) is 6. The fourth-order valence-electron chi connectivity index (χ4n) is 1.56. The van der Waals surface area contributed by atoms with E-state index in [1.165, 1.54) is 0 Å². The van der Waals surface area contributed by atoms with Crippen LogP contribution in [0, 0.1) is 6.92 Å². The van der Waals surface area contributed by atoms with E-state index in [9.17, 15) is 4.79 Å². The third-order valence-electron chi connectivity index (χ3n) is 2.48. The zero-order valence-electron chi connectivity index (χ0n) is 10.1. The average Bonchev–Trinajstić information content (AvgIpc) is 2.96. The summed E-state index contributed by atoms with van der Waals surface area (Å²) in [6.45, 7) is 4.41. The lowest BCUT2D eigenvalue weighted by Crippen LogP contribution is -2.27. The van der Waals surface area contributed by atoms with Gasteiger partial charge in [0.2, 0.25) is 0 Å². The first-order valence-electron chi connectivity index (χ1n) is 5.46. The molecule has 4 N–H and O–H groups in total. The highest BCUT2D eigenvalue weighted by molar-refractivity contribution is 5.97. The fourth-order valence-corrected chi connectivity index (χ4v) is 1.56. The van der Waals surface area contributed by atoms with Gasteiger partial charge in [0.05, 0.1) is 17.9 Å². The van der Waals surface area contributed by atoms with Crippen molar-refractivity contribution in [1.82, 2.24) is 35.7 Å². The molecular formula is C9H14N8O. The summed E-state index contributed by atoms with van der Waals surface area (Å²) in [6.07, 6.45) is 0. The van der Waals surface area contributed by atoms with Crippen LogP contribution < -0.4 is 11.1 Å². The van der Waals surface area contributed by atoms with Crippen molar-refractivity contribution < 1.29 is 4.79 Å². The van der Waals surface area contributed by atoms with E-state index < -0.39 is 0 Å². The SMILES string of the molecule is CCn1nc(C)c(N)c1C(=O)NCc1nn[nH]n1. The van der Waals surface area contributed by atoms with Crippen molar-refractivity contribution in [2.75, 3.05) is 5.73 Å². The lowest BCUT2D eigenvalue weighted by atomic mass is 10.3. The van der Waals surface area contributed by atoms with E-state index in [0.29, 0.717) is 29.4 Å². The van der Waals surface area contributed by atoms with E-state index in [0.717, 1.165) is 0 Å². The van der Waals surface area contributed by atoms with Gasteiger partial charge in [0.1, 0.15) is 5.69 Å². The summed E-state index contributed by atoms with van der Waals surface area (Å²) in [6, 6.07) is 0. The van der Waals surface area contributed by atoms with Crippen LogP contribution in [0.15, 0.2) is 0 Å². The Labute approximate surface area is 103 Å². The fraction of sp³-hybridized carbons (Fsp3) is 0.444. The molecule has 18 heavy (non-hydrogen) atoms. The van der Waals surface area contributed by atoms with Crippen molar-refractivity contribution in [3.8, 4) is 0 Å². The Kier molecular flexibility index (Phi) is 3.22. The summed E-state index contributed by atoms with van der Waals surface area (Å²) >= 11 is 0. The molecule has 0 radical (unpaired) electrons. The van der Waals surface area contributed by atoms with Crippen molar-refractivity contribution in [3.05, 3.63) is 17.2 Å². The molecule has 2 rings (SSSR count). The number of nitrogens with zero attached hydrogens (tertiary/aromatic N) is 5. The third-order valence-corrected chi connectivity index (χ3v) is 2.48. The van der Waals surface area contributed by atoms with Crippen molar-refractivity contribution in [2.45, 2.75) is 26.9 Å². The van der Waals surface area contributed by atoms with Crippen LogP contribution in [0.2, 0.25) is 0 Å². The van der Waals surface area contributed by atoms with E-state index in [-0.39, 0.29) is 12.5 Å². The second-order valence-corrected chi connectivity index (χ2v) is 3.67. The van der Waals surface area contributed by atoms with Gasteiger partial charge in [-0.15, -0.1) is 10.2 Å². The molecular weight excluding hydrogens is 236 g/mol. The summed E-state index contributed by atoms with van der Waals surface area (Å²) in [5, 5.41) is 20.0. The summed E-state index contributed by atoms with van der Waals surface area (Å²) in [5.74, 6) is 0.0981. The second-order valence-electron chi connectivity index (χ2n) is 3.67. The maximum Gasteiger partial charge on any atom is 0.272 e. The zero-order valence-corrected chi connectivity index (χ0v) is 10.1. The van der Waals surface area contributed by atoms with Gasteiger partial charge >= 0.3 is 0 Å². The van der Waals surface area contributed by atoms with Gasteiger partial charge < -0.3 is 11.1 Å². The minimum Gasteiger partial charge on any atom is -0.395 e. The molecule has 9 nitrogen and oxygen atoms in total. The van der Waals surface area contributed by atoms with Crippen LogP contribution in [0.25, 0.3) is 0 Å². The molecule has 0 saturated heterocycles. The normalized spacial score (nSPS) is 10.6. The number of rotatable bonds is 4. The predicted molar refractivity (Wildman–Crippen MR) is 62.4 cm³/mol. The Bertz CT molecular complexity index is 543. The van der Waals surface area contributed by atoms with Crippen LogP contribution in [-0.4, -0.2) is 36.3 Å². The van der Waals surface area contributed by atoms with Crippen LogP contribution in [0.4, 0.5) is 5.69 Å². The summed E-state index contributed by atoms with van der Waals surface area (Å²) in [4.78, 5) is 12.0. The van der Waals surface area contributed by atoms with Gasteiger partial charge in [0.25, 0.3) is 5.91 Å². The largest absolute Gasteiger partial charge is 0.395 e. The first kappa shape index (κ1) is 12.0. The van der Waals surface area contributed by atoms with Gasteiger partial charge in [-0.25, -0.2) is 0 Å². The van der Waals surface area contributed by atoms with E-state index in [1.807, 2.05) is 6.92 Å². The number of nitrogens with one attached hydrogen (secondary N) is 2. The maximum absolute atomic E-state index is 12.0. The Morgan fingerprint density at radius 3 is 2.94 bits per heavy atom. The van der Waals surface area contributed by atoms with E-state index in [2.05, 4.69) is 31.0 Å². The molecule has 0 aliphatic heterocycles. The summed E-state index contributed by atoms with van der Waals surface area (Å²) in [7, 11) is 0. The topological polar surface area (TPSA) is 127 Å². The number of aromatic amines is 1. The molecule has 0 unspecified atom stereocenters. The number of hydrogen-bond donors (Lipinski definition) is 3. The Balaban J connectivity index is 2.13. The molecule has 1 amide bonds. The molecule has 0 aromatic carbocycles. The number of aromatic nitrogens is 6. The highest BCUT2D eigenvalue weighted by atomic mass is 16.2. The van der Waals surface area contributed by atoms with E-state index in [1.54, 1.807) is 11.6 Å². The van der Waals surface area contributed by atoms with Gasteiger partial charge in [-0.2, -0.15) is 10.3 Å². The zero-order chi connectivity index (χ0) is 13.1. The lowest BCUT2D eigenvalue weighted by Gasteiger charge is -2.05. The van der Waals surface area contributed by atoms with Crippen molar-refractivity contribution >= 4 is 11.6 Å². The van der Waals surface area contributed by atoms with E-state index >= 15 is 0 Å². The first-order chi connectivity index (χ1) is 8.63. The summed E-state index contributed by atoms with van der Waals surface area (Å²) in [5.41, 5.74) is 7.23. The monoisotopic (exact) mass is 250 g/mol. The third kappa shape index (κ3) is 2.14.